The molecule has 0 saturated carbocycles. The smallest absolute Gasteiger partial charge is 1.00 e. The Hall–Kier alpha value is -0.467. The molecule has 1 atom stereocenters. The number of aliphatic hydroxyl groups excluding tert-OH is 1. The van der Waals surface area contributed by atoms with E-state index in [4.69, 9.17) is 9.84 Å². The Bertz CT molecular complexity index is 701. The number of allylic oxidation sites excluding steroid dienone is 4. The molecule has 24 heavy (non-hydrogen) atoms. The van der Waals surface area contributed by atoms with Crippen molar-refractivity contribution in [1.29, 1.82) is 0 Å². The molecule has 1 aromatic rings. The largest absolute Gasteiger partial charge is 1.00 e. The van der Waals surface area contributed by atoms with Gasteiger partial charge in [0.15, 0.2) is 0 Å². The predicted octanol–water partition coefficient (Wildman–Crippen LogP) is -2.23. The molecule has 2 aliphatic rings. The molecule has 0 spiro atoms. The van der Waals surface area contributed by atoms with E-state index in [2.05, 4.69) is 62.4 Å². The Kier molecular flexibility index (Phi) is 8.87. The molecule has 1 unspecified atom stereocenters. The third kappa shape index (κ3) is 4.38. The van der Waals surface area contributed by atoms with E-state index in [-0.39, 0.29) is 31.4 Å². The summed E-state index contributed by atoms with van der Waals surface area (Å²) in [6.07, 6.45) is 10.0. The first kappa shape index (κ1) is 21.6. The number of fused-ring (bicyclic) bond motifs is 1. The topological polar surface area (TPSA) is 29.5 Å². The van der Waals surface area contributed by atoms with Crippen molar-refractivity contribution in [1.82, 2.24) is 0 Å². The number of halogens is 2. The minimum absolute atomic E-state index is 0. The summed E-state index contributed by atoms with van der Waals surface area (Å²) in [6, 6.07) is 8.75. The molecule has 2 nitrogen and oxygen atoms in total. The fourth-order valence-corrected chi connectivity index (χ4v) is 11.2. The second-order valence-corrected chi connectivity index (χ2v) is 13.4. The maximum Gasteiger partial charge on any atom is -1.00 e. The first-order valence-electron chi connectivity index (χ1n) is 7.80. The predicted molar refractivity (Wildman–Crippen MR) is 88.4 cm³/mol. The van der Waals surface area contributed by atoms with Crippen LogP contribution in [0.3, 0.4) is 0 Å². The molecule has 0 aromatic heterocycles. The molecule has 5 heteroatoms. The molecule has 0 heterocycles. The van der Waals surface area contributed by atoms with Crippen molar-refractivity contribution in [2.24, 2.45) is 0 Å². The number of aliphatic hydroxyl groups is 1. The van der Waals surface area contributed by atoms with E-state index in [1.54, 1.807) is 3.21 Å². The summed E-state index contributed by atoms with van der Waals surface area (Å²) < 4.78 is 9.50. The third-order valence-corrected chi connectivity index (χ3v) is 12.3. The fraction of sp³-hybridized carbons (Fsp3) is 0.316. The average molecular weight is 445 g/mol. The van der Waals surface area contributed by atoms with Crippen LogP contribution in [0.2, 0.25) is 0 Å². The molecule has 1 N–H and O–H groups in total. The number of hydrogen-bond donors (Lipinski definition) is 1. The van der Waals surface area contributed by atoms with Crippen LogP contribution < -0.4 is 24.8 Å². The van der Waals surface area contributed by atoms with Crippen molar-refractivity contribution in [3.63, 3.8) is 0 Å². The Morgan fingerprint density at radius 3 is 2.67 bits per heavy atom. The van der Waals surface area contributed by atoms with E-state index in [1.165, 1.54) is 14.4 Å². The molecule has 0 saturated heterocycles. The maximum atomic E-state index is 9.03. The molecule has 0 fully saturated rings. The van der Waals surface area contributed by atoms with Gasteiger partial charge in [-0.2, -0.15) is 0 Å². The third-order valence-electron chi connectivity index (χ3n) is 4.21. The van der Waals surface area contributed by atoms with Gasteiger partial charge in [0, 0.05) is 0 Å². The van der Waals surface area contributed by atoms with Crippen LogP contribution in [0.15, 0.2) is 51.5 Å². The first-order chi connectivity index (χ1) is 10.7. The number of ether oxygens (including phenoxy) is 1. The van der Waals surface area contributed by atoms with Gasteiger partial charge in [0.05, 0.1) is 0 Å². The summed E-state index contributed by atoms with van der Waals surface area (Å²) in [5, 5.41) is 9.03. The Morgan fingerprint density at radius 1 is 1.21 bits per heavy atom. The molecule has 2 aliphatic carbocycles. The van der Waals surface area contributed by atoms with Crippen molar-refractivity contribution in [3.05, 3.63) is 62.7 Å². The van der Waals surface area contributed by atoms with E-state index >= 15 is 0 Å². The summed E-state index contributed by atoms with van der Waals surface area (Å²) in [4.78, 5) is 0. The molecular weight excluding hydrogens is 422 g/mol. The molecular formula is C19H22Cl2O2Zr. The number of benzene rings is 1. The molecule has 0 bridgehead atoms. The van der Waals surface area contributed by atoms with Crippen molar-refractivity contribution in [2.75, 3.05) is 13.2 Å². The van der Waals surface area contributed by atoms with Gasteiger partial charge in [-0.1, -0.05) is 0 Å². The van der Waals surface area contributed by atoms with E-state index in [1.807, 2.05) is 0 Å². The SMILES string of the molecule is C[C](C)=[Zr+2]([C]1=C(OCCO)C=CC1)[CH]1C=Cc2ccccc21.[Cl-].[Cl-]. The zero-order valence-electron chi connectivity index (χ0n) is 13.9. The number of rotatable bonds is 5. The number of hydrogen-bond acceptors (Lipinski definition) is 2. The molecule has 1 aromatic carbocycles. The Balaban J connectivity index is 0.00000144. The van der Waals surface area contributed by atoms with E-state index in [9.17, 15) is 0 Å². The maximum absolute atomic E-state index is 9.03. The normalized spacial score (nSPS) is 16.8. The van der Waals surface area contributed by atoms with Crippen LogP contribution in [0.1, 0.15) is 35.0 Å². The summed E-state index contributed by atoms with van der Waals surface area (Å²) >= 11 is -2.00. The Morgan fingerprint density at radius 2 is 1.96 bits per heavy atom. The van der Waals surface area contributed by atoms with Crippen molar-refractivity contribution in [2.45, 2.75) is 23.9 Å². The van der Waals surface area contributed by atoms with E-state index in [0.717, 1.165) is 12.2 Å². The van der Waals surface area contributed by atoms with E-state index < -0.39 is 21.3 Å². The van der Waals surface area contributed by atoms with Crippen molar-refractivity contribution < 1.29 is 55.9 Å². The minimum Gasteiger partial charge on any atom is -1.00 e. The van der Waals surface area contributed by atoms with Crippen molar-refractivity contribution in [3.8, 4) is 0 Å². The van der Waals surface area contributed by atoms with Gasteiger partial charge in [-0.25, -0.2) is 0 Å². The summed E-state index contributed by atoms with van der Waals surface area (Å²) in [5.74, 6) is 1.03. The summed E-state index contributed by atoms with van der Waals surface area (Å²) in [6.45, 7) is 5.04. The summed E-state index contributed by atoms with van der Waals surface area (Å²) in [7, 11) is 0. The zero-order chi connectivity index (χ0) is 15.5. The molecule has 128 valence electrons. The van der Waals surface area contributed by atoms with Crippen LogP contribution in [0, 0.1) is 0 Å². The monoisotopic (exact) mass is 442 g/mol. The fourth-order valence-electron chi connectivity index (χ4n) is 3.32. The second kappa shape index (κ2) is 9.87. The second-order valence-electron chi connectivity index (χ2n) is 5.90. The summed E-state index contributed by atoms with van der Waals surface area (Å²) in [5.41, 5.74) is 2.86. The molecule has 0 radical (unpaired) electrons. The van der Waals surface area contributed by atoms with Gasteiger partial charge in [0.2, 0.25) is 0 Å². The van der Waals surface area contributed by atoms with Crippen LogP contribution >= 0.6 is 0 Å². The van der Waals surface area contributed by atoms with Gasteiger partial charge in [-0.05, 0) is 0 Å². The quantitative estimate of drug-likeness (QED) is 0.558. The van der Waals surface area contributed by atoms with Gasteiger partial charge in [0.1, 0.15) is 0 Å². The minimum atomic E-state index is -2.00. The van der Waals surface area contributed by atoms with Gasteiger partial charge in [0.25, 0.3) is 0 Å². The van der Waals surface area contributed by atoms with Gasteiger partial charge in [-0.3, -0.25) is 0 Å². The van der Waals surface area contributed by atoms with Gasteiger partial charge in [-0.15, -0.1) is 0 Å². The van der Waals surface area contributed by atoms with Crippen LogP contribution in [-0.2, 0) is 26.0 Å². The Labute approximate surface area is 164 Å². The first-order valence-corrected chi connectivity index (χ1v) is 11.7. The van der Waals surface area contributed by atoms with Gasteiger partial charge >= 0.3 is 140 Å². The molecule has 0 aliphatic heterocycles. The van der Waals surface area contributed by atoms with Gasteiger partial charge < -0.3 is 24.8 Å². The van der Waals surface area contributed by atoms with Crippen LogP contribution in [-0.4, -0.2) is 21.5 Å². The molecule has 3 rings (SSSR count). The average Bonchev–Trinajstić information content (AvgIpc) is 3.13. The van der Waals surface area contributed by atoms with Crippen LogP contribution in [0.25, 0.3) is 6.08 Å². The molecule has 0 amide bonds. The van der Waals surface area contributed by atoms with Crippen LogP contribution in [0.4, 0.5) is 0 Å². The van der Waals surface area contributed by atoms with Crippen molar-refractivity contribution >= 4 is 9.28 Å². The van der Waals surface area contributed by atoms with E-state index in [0.29, 0.717) is 10.2 Å². The zero-order valence-corrected chi connectivity index (χ0v) is 17.9. The van der Waals surface area contributed by atoms with Crippen LogP contribution in [0.5, 0.6) is 0 Å². The standard InChI is InChI=1S/C9H7.C7H9O2.C3H6.2ClH.Zr/c1-2-5-9-7-3-6-8(9)4-1;8-5-6-9-7-3-1-2-4-7;1-3-2;;;/h1-7H;1,3,8H,2,5-6H2;1-2H3;2*1H;/q;;;;;+2/p-2.